The number of aromatic carboxylic acids is 1. The first-order valence-corrected chi connectivity index (χ1v) is 7.09. The van der Waals surface area contributed by atoms with E-state index in [2.05, 4.69) is 22.2 Å². The summed E-state index contributed by atoms with van der Waals surface area (Å²) in [5.74, 6) is -0.128. The number of nitrogens with zero attached hydrogens (tertiary/aromatic N) is 2. The highest BCUT2D eigenvalue weighted by molar-refractivity contribution is 5.93. The number of hydrogen-bond acceptors (Lipinski definition) is 4. The molecule has 0 bridgehead atoms. The fourth-order valence-corrected chi connectivity index (χ4v) is 1.95. The first kappa shape index (κ1) is 15.0. The van der Waals surface area contributed by atoms with Gasteiger partial charge in [0.15, 0.2) is 5.82 Å². The molecule has 0 aliphatic heterocycles. The van der Waals surface area contributed by atoms with Crippen molar-refractivity contribution >= 4 is 11.8 Å². The second kappa shape index (κ2) is 6.83. The van der Waals surface area contributed by atoms with Crippen LogP contribution < -0.4 is 5.32 Å². The zero-order valence-electron chi connectivity index (χ0n) is 12.3. The Morgan fingerprint density at radius 3 is 2.52 bits per heavy atom. The molecule has 1 aromatic carbocycles. The van der Waals surface area contributed by atoms with E-state index in [9.17, 15) is 9.90 Å². The van der Waals surface area contributed by atoms with Gasteiger partial charge in [-0.3, -0.25) is 0 Å². The maximum absolute atomic E-state index is 11.2. The minimum absolute atomic E-state index is 0.0948. The molecule has 5 heteroatoms. The number of rotatable bonds is 6. The average molecular weight is 285 g/mol. The Balaban J connectivity index is 2.37. The monoisotopic (exact) mass is 285 g/mol. The fraction of sp³-hybridized carbons (Fsp3) is 0.312. The minimum Gasteiger partial charge on any atom is -0.477 e. The van der Waals surface area contributed by atoms with Gasteiger partial charge in [0.2, 0.25) is 0 Å². The summed E-state index contributed by atoms with van der Waals surface area (Å²) in [6, 6.07) is 7.97. The van der Waals surface area contributed by atoms with Crippen molar-refractivity contribution in [3.05, 3.63) is 41.6 Å². The van der Waals surface area contributed by atoms with Crippen molar-refractivity contribution in [2.45, 2.75) is 26.7 Å². The predicted octanol–water partition coefficient (Wildman–Crippen LogP) is 3.23. The normalized spacial score (nSPS) is 10.4. The van der Waals surface area contributed by atoms with E-state index in [1.165, 1.54) is 11.8 Å². The number of benzene rings is 1. The molecule has 1 heterocycles. The van der Waals surface area contributed by atoms with Crippen LogP contribution in [0.2, 0.25) is 0 Å². The molecule has 0 aliphatic rings. The van der Waals surface area contributed by atoms with Crippen molar-refractivity contribution in [3.8, 4) is 11.4 Å². The fourth-order valence-electron chi connectivity index (χ4n) is 1.95. The van der Waals surface area contributed by atoms with Crippen molar-refractivity contribution < 1.29 is 9.90 Å². The molecule has 5 nitrogen and oxygen atoms in total. The van der Waals surface area contributed by atoms with Gasteiger partial charge in [0.25, 0.3) is 0 Å². The number of anilines is 1. The molecule has 0 fully saturated rings. The van der Waals surface area contributed by atoms with Gasteiger partial charge in [-0.2, -0.15) is 0 Å². The quantitative estimate of drug-likeness (QED) is 0.852. The molecule has 2 rings (SSSR count). The highest BCUT2D eigenvalue weighted by Crippen LogP contribution is 2.20. The van der Waals surface area contributed by atoms with Crippen LogP contribution in [0.15, 0.2) is 30.5 Å². The van der Waals surface area contributed by atoms with Crippen molar-refractivity contribution in [1.29, 1.82) is 0 Å². The van der Waals surface area contributed by atoms with Crippen LogP contribution in [0.4, 0.5) is 5.82 Å². The van der Waals surface area contributed by atoms with Gasteiger partial charge in [-0.25, -0.2) is 14.8 Å². The smallest absolute Gasteiger partial charge is 0.341 e. The number of aryl methyl sites for hydroxylation is 1. The van der Waals surface area contributed by atoms with Crippen LogP contribution in [0.3, 0.4) is 0 Å². The Morgan fingerprint density at radius 2 is 1.95 bits per heavy atom. The van der Waals surface area contributed by atoms with Gasteiger partial charge in [0, 0.05) is 18.3 Å². The lowest BCUT2D eigenvalue weighted by molar-refractivity contribution is 0.0697. The van der Waals surface area contributed by atoms with Crippen LogP contribution in [0.5, 0.6) is 0 Å². The van der Waals surface area contributed by atoms with E-state index in [0.717, 1.165) is 18.4 Å². The summed E-state index contributed by atoms with van der Waals surface area (Å²) in [5, 5.41) is 12.2. The summed E-state index contributed by atoms with van der Waals surface area (Å²) >= 11 is 0. The van der Waals surface area contributed by atoms with E-state index in [-0.39, 0.29) is 5.56 Å². The summed E-state index contributed by atoms with van der Waals surface area (Å²) in [6.45, 7) is 4.78. The van der Waals surface area contributed by atoms with Crippen LogP contribution in [0, 0.1) is 0 Å². The lowest BCUT2D eigenvalue weighted by atomic mass is 10.1. The predicted molar refractivity (Wildman–Crippen MR) is 82.6 cm³/mol. The third-order valence-corrected chi connectivity index (χ3v) is 3.18. The molecular formula is C16H19N3O2. The highest BCUT2D eigenvalue weighted by atomic mass is 16.4. The molecule has 0 saturated carbocycles. The second-order valence-electron chi connectivity index (χ2n) is 4.74. The van der Waals surface area contributed by atoms with Gasteiger partial charge in [-0.15, -0.1) is 0 Å². The largest absolute Gasteiger partial charge is 0.477 e. The molecular weight excluding hydrogens is 266 g/mol. The lowest BCUT2D eigenvalue weighted by Gasteiger charge is -2.09. The molecule has 2 N–H and O–H groups in total. The molecule has 0 saturated heterocycles. The van der Waals surface area contributed by atoms with Gasteiger partial charge in [0.05, 0.1) is 0 Å². The second-order valence-corrected chi connectivity index (χ2v) is 4.74. The number of hydrogen-bond donors (Lipinski definition) is 2. The van der Waals surface area contributed by atoms with Gasteiger partial charge in [-0.1, -0.05) is 38.1 Å². The SMILES string of the molecule is CCCNc1nc(-c2ccc(CC)cc2)ncc1C(=O)O. The van der Waals surface area contributed by atoms with Gasteiger partial charge in [-0.05, 0) is 18.4 Å². The Hall–Kier alpha value is -2.43. The number of carbonyl (C=O) groups is 1. The molecule has 21 heavy (non-hydrogen) atoms. The van der Waals surface area contributed by atoms with Crippen LogP contribution in [0.1, 0.15) is 36.2 Å². The molecule has 0 aliphatic carbocycles. The van der Waals surface area contributed by atoms with Crippen LogP contribution in [-0.4, -0.2) is 27.6 Å². The van der Waals surface area contributed by atoms with Gasteiger partial charge < -0.3 is 10.4 Å². The number of carboxylic acid groups (broad SMARTS) is 1. The molecule has 0 atom stereocenters. The lowest BCUT2D eigenvalue weighted by Crippen LogP contribution is -2.10. The molecule has 2 aromatic rings. The first-order valence-electron chi connectivity index (χ1n) is 7.09. The molecule has 1 aromatic heterocycles. The number of carboxylic acids is 1. The average Bonchev–Trinajstić information content (AvgIpc) is 2.52. The van der Waals surface area contributed by atoms with Crippen molar-refractivity contribution in [2.24, 2.45) is 0 Å². The summed E-state index contributed by atoms with van der Waals surface area (Å²) in [4.78, 5) is 19.7. The van der Waals surface area contributed by atoms with Crippen molar-refractivity contribution in [2.75, 3.05) is 11.9 Å². The van der Waals surface area contributed by atoms with Crippen molar-refractivity contribution in [3.63, 3.8) is 0 Å². The standard InChI is InChI=1S/C16H19N3O2/c1-3-9-17-15-13(16(20)21)10-18-14(19-15)12-7-5-11(4-2)6-8-12/h5-8,10H,3-4,9H2,1-2H3,(H,20,21)(H,17,18,19). The van der Waals surface area contributed by atoms with Gasteiger partial charge in [0.1, 0.15) is 11.4 Å². The maximum atomic E-state index is 11.2. The van der Waals surface area contributed by atoms with Gasteiger partial charge >= 0.3 is 5.97 Å². The summed E-state index contributed by atoms with van der Waals surface area (Å²) in [5.41, 5.74) is 2.21. The Kier molecular flexibility index (Phi) is 4.87. The van der Waals surface area contributed by atoms with Crippen LogP contribution in [0.25, 0.3) is 11.4 Å². The van der Waals surface area contributed by atoms with E-state index in [1.54, 1.807) is 0 Å². The number of aromatic nitrogens is 2. The molecule has 110 valence electrons. The summed E-state index contributed by atoms with van der Waals surface area (Å²) in [6.07, 6.45) is 3.22. The van der Waals surface area contributed by atoms with Crippen molar-refractivity contribution in [1.82, 2.24) is 9.97 Å². The molecule has 0 amide bonds. The van der Waals surface area contributed by atoms with E-state index >= 15 is 0 Å². The Labute approximate surface area is 124 Å². The zero-order valence-corrected chi connectivity index (χ0v) is 12.3. The van der Waals surface area contributed by atoms with E-state index in [4.69, 9.17) is 0 Å². The molecule has 0 radical (unpaired) electrons. The minimum atomic E-state index is -1.03. The highest BCUT2D eigenvalue weighted by Gasteiger charge is 2.14. The molecule has 0 unspecified atom stereocenters. The third kappa shape index (κ3) is 3.56. The summed E-state index contributed by atoms with van der Waals surface area (Å²) < 4.78 is 0. The van der Waals surface area contributed by atoms with Crippen LogP contribution >= 0.6 is 0 Å². The Bertz CT molecular complexity index is 624. The topological polar surface area (TPSA) is 75.1 Å². The van der Waals surface area contributed by atoms with E-state index in [1.807, 2.05) is 31.2 Å². The number of nitrogens with one attached hydrogen (secondary N) is 1. The maximum Gasteiger partial charge on any atom is 0.341 e. The molecule has 0 spiro atoms. The Morgan fingerprint density at radius 1 is 1.24 bits per heavy atom. The third-order valence-electron chi connectivity index (χ3n) is 3.18. The first-order chi connectivity index (χ1) is 10.2. The van der Waals surface area contributed by atoms with E-state index in [0.29, 0.717) is 18.2 Å². The van der Waals surface area contributed by atoms with Crippen LogP contribution in [-0.2, 0) is 6.42 Å². The zero-order chi connectivity index (χ0) is 15.2. The van der Waals surface area contributed by atoms with E-state index < -0.39 is 5.97 Å². The summed E-state index contributed by atoms with van der Waals surface area (Å²) in [7, 11) is 0.